The van der Waals surface area contributed by atoms with Gasteiger partial charge in [-0.3, -0.25) is 4.90 Å². The fraction of sp³-hybridized carbons (Fsp3) is 0.500. The highest BCUT2D eigenvalue weighted by molar-refractivity contribution is 7.89. The molecule has 2 heterocycles. The van der Waals surface area contributed by atoms with Gasteiger partial charge in [-0.25, -0.2) is 18.1 Å². The number of aryl methyl sites for hydroxylation is 2. The van der Waals surface area contributed by atoms with Crippen LogP contribution in [0.3, 0.4) is 0 Å². The molecule has 1 aromatic carbocycles. The van der Waals surface area contributed by atoms with Gasteiger partial charge in [0.15, 0.2) is 0 Å². The van der Waals surface area contributed by atoms with Crippen LogP contribution in [0.15, 0.2) is 28.5 Å². The fourth-order valence-corrected chi connectivity index (χ4v) is 5.30. The maximum atomic E-state index is 12.6. The maximum absolute atomic E-state index is 12.6. The van der Waals surface area contributed by atoms with Crippen molar-refractivity contribution in [3.63, 3.8) is 0 Å². The Kier molecular flexibility index (Phi) is 5.37. The van der Waals surface area contributed by atoms with Crippen molar-refractivity contribution in [2.24, 2.45) is 0 Å². The molecule has 0 radical (unpaired) electrons. The number of aromatic nitrogens is 1. The van der Waals surface area contributed by atoms with Gasteiger partial charge in [0.1, 0.15) is 5.01 Å². The van der Waals surface area contributed by atoms with Gasteiger partial charge in [0.25, 0.3) is 0 Å². The molecule has 2 aliphatic rings. The third-order valence-electron chi connectivity index (χ3n) is 4.88. The van der Waals surface area contributed by atoms with E-state index < -0.39 is 10.0 Å². The molecular formula is C18H23N3O3S2. The summed E-state index contributed by atoms with van der Waals surface area (Å²) >= 11 is 1.50. The third-order valence-corrected chi connectivity index (χ3v) is 7.18. The van der Waals surface area contributed by atoms with Crippen molar-refractivity contribution in [3.05, 3.63) is 45.4 Å². The van der Waals surface area contributed by atoms with Crippen LogP contribution in [0, 0.1) is 0 Å². The Bertz CT molecular complexity index is 874. The summed E-state index contributed by atoms with van der Waals surface area (Å²) in [5, 5.41) is 2.80. The second kappa shape index (κ2) is 7.74. The Labute approximate surface area is 158 Å². The van der Waals surface area contributed by atoms with Crippen LogP contribution in [0.1, 0.15) is 28.2 Å². The molecular weight excluding hydrogens is 370 g/mol. The molecule has 26 heavy (non-hydrogen) atoms. The second-order valence-corrected chi connectivity index (χ2v) is 9.44. The van der Waals surface area contributed by atoms with E-state index in [0.29, 0.717) is 4.90 Å². The first-order chi connectivity index (χ1) is 12.6. The van der Waals surface area contributed by atoms with E-state index >= 15 is 0 Å². The van der Waals surface area contributed by atoms with Gasteiger partial charge in [-0.15, -0.1) is 11.3 Å². The molecule has 1 aliphatic carbocycles. The van der Waals surface area contributed by atoms with Crippen LogP contribution in [0.2, 0.25) is 0 Å². The summed E-state index contributed by atoms with van der Waals surface area (Å²) in [6.45, 7) is 4.37. The van der Waals surface area contributed by atoms with Crippen LogP contribution in [-0.4, -0.2) is 44.6 Å². The van der Waals surface area contributed by atoms with Gasteiger partial charge in [0.2, 0.25) is 10.0 Å². The molecule has 1 aliphatic heterocycles. The normalized spacial score (nSPS) is 18.2. The molecule has 4 rings (SSSR count). The summed E-state index contributed by atoms with van der Waals surface area (Å²) in [6, 6.07) is 5.47. The van der Waals surface area contributed by atoms with Crippen LogP contribution < -0.4 is 4.72 Å². The SMILES string of the molecule is O=S(=O)(NCc1nc(CN2CCOCC2)cs1)c1ccc2c(c1)CCC2. The Balaban J connectivity index is 1.37. The van der Waals surface area contributed by atoms with Gasteiger partial charge in [0, 0.05) is 25.0 Å². The summed E-state index contributed by atoms with van der Waals surface area (Å²) in [4.78, 5) is 7.22. The molecule has 1 N–H and O–H groups in total. The van der Waals surface area contributed by atoms with Gasteiger partial charge in [0.05, 0.1) is 30.3 Å². The molecule has 2 aromatic rings. The molecule has 0 atom stereocenters. The van der Waals surface area contributed by atoms with Crippen LogP contribution in [0.4, 0.5) is 0 Å². The highest BCUT2D eigenvalue weighted by atomic mass is 32.2. The molecule has 0 saturated carbocycles. The number of hydrogen-bond acceptors (Lipinski definition) is 6. The summed E-state index contributed by atoms with van der Waals surface area (Å²) < 4.78 is 33.2. The Morgan fingerprint density at radius 1 is 1.19 bits per heavy atom. The molecule has 1 saturated heterocycles. The number of thiazole rings is 1. The third kappa shape index (κ3) is 4.15. The number of benzene rings is 1. The van der Waals surface area contributed by atoms with Crippen molar-refractivity contribution >= 4 is 21.4 Å². The number of ether oxygens (including phenoxy) is 1. The van der Waals surface area contributed by atoms with E-state index in [2.05, 4.69) is 14.6 Å². The van der Waals surface area contributed by atoms with E-state index in [4.69, 9.17) is 4.74 Å². The molecule has 0 unspecified atom stereocenters. The standard InChI is InChI=1S/C18H23N3O3S2/c22-26(23,17-5-4-14-2-1-3-15(14)10-17)19-11-18-20-16(13-25-18)12-21-6-8-24-9-7-21/h4-5,10,13,19H,1-3,6-9,11-12H2. The Morgan fingerprint density at radius 2 is 2.00 bits per heavy atom. The summed E-state index contributed by atoms with van der Waals surface area (Å²) in [5.41, 5.74) is 3.43. The minimum absolute atomic E-state index is 0.229. The first kappa shape index (κ1) is 18.1. The lowest BCUT2D eigenvalue weighted by Gasteiger charge is -2.25. The van der Waals surface area contributed by atoms with E-state index in [1.165, 1.54) is 16.9 Å². The zero-order chi connectivity index (χ0) is 18.0. The Morgan fingerprint density at radius 3 is 2.85 bits per heavy atom. The number of hydrogen-bond donors (Lipinski definition) is 1. The van der Waals surface area contributed by atoms with Crippen LogP contribution in [-0.2, 0) is 40.7 Å². The molecule has 1 aromatic heterocycles. The van der Waals surface area contributed by atoms with Crippen LogP contribution in [0.25, 0.3) is 0 Å². The van der Waals surface area contributed by atoms with Crippen LogP contribution in [0.5, 0.6) is 0 Å². The van der Waals surface area contributed by atoms with Crippen molar-refractivity contribution in [1.29, 1.82) is 0 Å². The number of morpholine rings is 1. The van der Waals surface area contributed by atoms with Gasteiger partial charge in [-0.1, -0.05) is 6.07 Å². The van der Waals surface area contributed by atoms with Crippen molar-refractivity contribution in [2.45, 2.75) is 37.2 Å². The number of nitrogens with zero attached hydrogens (tertiary/aromatic N) is 2. The van der Waals surface area contributed by atoms with E-state index in [-0.39, 0.29) is 6.54 Å². The van der Waals surface area contributed by atoms with Crippen molar-refractivity contribution in [3.8, 4) is 0 Å². The minimum atomic E-state index is -3.51. The van der Waals surface area contributed by atoms with Crippen molar-refractivity contribution in [2.75, 3.05) is 26.3 Å². The average Bonchev–Trinajstić information content (AvgIpc) is 3.29. The topological polar surface area (TPSA) is 71.5 Å². The monoisotopic (exact) mass is 393 g/mol. The fourth-order valence-electron chi connectivity index (χ4n) is 3.45. The molecule has 0 bridgehead atoms. The second-order valence-electron chi connectivity index (χ2n) is 6.73. The van der Waals surface area contributed by atoms with Crippen molar-refractivity contribution in [1.82, 2.24) is 14.6 Å². The van der Waals surface area contributed by atoms with Crippen LogP contribution >= 0.6 is 11.3 Å². The number of nitrogens with one attached hydrogen (secondary N) is 1. The van der Waals surface area contributed by atoms with Gasteiger partial charge < -0.3 is 4.74 Å². The predicted molar refractivity (Wildman–Crippen MR) is 101 cm³/mol. The van der Waals surface area contributed by atoms with E-state index in [1.807, 2.05) is 17.5 Å². The minimum Gasteiger partial charge on any atom is -0.379 e. The molecule has 0 spiro atoms. The highest BCUT2D eigenvalue weighted by Crippen LogP contribution is 2.24. The number of rotatable bonds is 6. The lowest BCUT2D eigenvalue weighted by atomic mass is 10.1. The molecule has 140 valence electrons. The predicted octanol–water partition coefficient (Wildman–Crippen LogP) is 1.94. The van der Waals surface area contributed by atoms with E-state index in [0.717, 1.165) is 68.4 Å². The molecule has 1 fully saturated rings. The number of fused-ring (bicyclic) bond motifs is 1. The number of sulfonamides is 1. The van der Waals surface area contributed by atoms with Gasteiger partial charge >= 0.3 is 0 Å². The quantitative estimate of drug-likeness (QED) is 0.812. The van der Waals surface area contributed by atoms with Gasteiger partial charge in [-0.05, 0) is 42.5 Å². The highest BCUT2D eigenvalue weighted by Gasteiger charge is 2.19. The molecule has 8 heteroatoms. The van der Waals surface area contributed by atoms with E-state index in [1.54, 1.807) is 6.07 Å². The Hall–Kier alpha value is -1.32. The van der Waals surface area contributed by atoms with Crippen molar-refractivity contribution < 1.29 is 13.2 Å². The maximum Gasteiger partial charge on any atom is 0.240 e. The largest absolute Gasteiger partial charge is 0.379 e. The average molecular weight is 394 g/mol. The summed E-state index contributed by atoms with van der Waals surface area (Å²) in [6.07, 6.45) is 3.13. The summed E-state index contributed by atoms with van der Waals surface area (Å²) in [5.74, 6) is 0. The zero-order valence-corrected chi connectivity index (χ0v) is 16.2. The summed E-state index contributed by atoms with van der Waals surface area (Å²) in [7, 11) is -3.51. The first-order valence-electron chi connectivity index (χ1n) is 8.95. The van der Waals surface area contributed by atoms with Gasteiger partial charge in [-0.2, -0.15) is 0 Å². The zero-order valence-electron chi connectivity index (χ0n) is 14.6. The molecule has 0 amide bonds. The smallest absolute Gasteiger partial charge is 0.240 e. The van der Waals surface area contributed by atoms with E-state index in [9.17, 15) is 8.42 Å². The lowest BCUT2D eigenvalue weighted by molar-refractivity contribution is 0.0337. The molecule has 6 nitrogen and oxygen atoms in total. The lowest BCUT2D eigenvalue weighted by Crippen LogP contribution is -2.35. The first-order valence-corrected chi connectivity index (χ1v) is 11.3.